The van der Waals surface area contributed by atoms with Crippen LogP contribution in [0.25, 0.3) is 0 Å². The Balaban J connectivity index is 2.00. The van der Waals surface area contributed by atoms with Crippen molar-refractivity contribution in [3.8, 4) is 0 Å². The van der Waals surface area contributed by atoms with Gasteiger partial charge < -0.3 is 11.1 Å². The third-order valence-electron chi connectivity index (χ3n) is 5.57. The molecule has 7 nitrogen and oxygen atoms in total. The molecule has 0 spiro atoms. The fourth-order valence-electron chi connectivity index (χ4n) is 3.44. The van der Waals surface area contributed by atoms with Crippen molar-refractivity contribution < 1.29 is 17.6 Å². The Labute approximate surface area is 185 Å². The first kappa shape index (κ1) is 23.1. The maximum Gasteiger partial charge on any atom is 0.274 e. The summed E-state index contributed by atoms with van der Waals surface area (Å²) >= 11 is 5.95. The number of hydrogen-bond donors (Lipinski definition) is 2. The van der Waals surface area contributed by atoms with Crippen molar-refractivity contribution >= 4 is 38.9 Å². The van der Waals surface area contributed by atoms with E-state index in [1.54, 1.807) is 6.07 Å². The summed E-state index contributed by atoms with van der Waals surface area (Å²) in [5.41, 5.74) is 5.68. The van der Waals surface area contributed by atoms with E-state index in [1.165, 1.54) is 39.1 Å². The molecular formula is C21H24ClFN4O3S. The minimum Gasteiger partial charge on any atom is -0.386 e. The molecule has 166 valence electrons. The third-order valence-corrected chi connectivity index (χ3v) is 8.48. The maximum atomic E-state index is 14.7. The summed E-state index contributed by atoms with van der Waals surface area (Å²) in [7, 11) is -3.71. The van der Waals surface area contributed by atoms with Gasteiger partial charge in [-0.3, -0.25) is 9.79 Å². The van der Waals surface area contributed by atoms with Gasteiger partial charge in [0.25, 0.3) is 5.91 Å². The van der Waals surface area contributed by atoms with E-state index >= 15 is 0 Å². The van der Waals surface area contributed by atoms with Crippen LogP contribution in [0.2, 0.25) is 5.02 Å². The van der Waals surface area contributed by atoms with Crippen molar-refractivity contribution in [1.82, 2.24) is 4.98 Å². The molecule has 2 aromatic rings. The van der Waals surface area contributed by atoms with Gasteiger partial charge in [0.05, 0.1) is 10.8 Å². The summed E-state index contributed by atoms with van der Waals surface area (Å²) < 4.78 is 39.0. The molecule has 1 unspecified atom stereocenters. The lowest BCUT2D eigenvalue weighted by atomic mass is 9.92. The number of carbonyl (C=O) groups excluding carboxylic acids is 1. The van der Waals surface area contributed by atoms with Gasteiger partial charge in [-0.05, 0) is 57.0 Å². The van der Waals surface area contributed by atoms with Gasteiger partial charge in [-0.15, -0.1) is 0 Å². The summed E-state index contributed by atoms with van der Waals surface area (Å²) in [6, 6.07) is 5.58. The number of halogens is 2. The van der Waals surface area contributed by atoms with Gasteiger partial charge in [-0.25, -0.2) is 17.8 Å². The standard InChI is InChI=1S/C21H24ClFN4O3S/c1-5-12-8-13(22)10-25-17(12)18(28)26-14-6-7-16(23)15(9-14)21(4)11-31(29,30)20(2,3)19(24)27-21/h6-10H,5,11H2,1-4H3,(H2,24,27)(H,26,28). The van der Waals surface area contributed by atoms with Gasteiger partial charge in [0.15, 0.2) is 9.84 Å². The van der Waals surface area contributed by atoms with Crippen molar-refractivity contribution in [3.05, 3.63) is 58.1 Å². The summed E-state index contributed by atoms with van der Waals surface area (Å²) in [5.74, 6) is -1.64. The lowest BCUT2D eigenvalue weighted by Gasteiger charge is -2.38. The van der Waals surface area contributed by atoms with Crippen LogP contribution in [0.4, 0.5) is 10.1 Å². The number of carbonyl (C=O) groups is 1. The Morgan fingerprint density at radius 3 is 2.58 bits per heavy atom. The fraction of sp³-hybridized carbons (Fsp3) is 0.381. The molecule has 2 heterocycles. The average molecular weight is 467 g/mol. The van der Waals surface area contributed by atoms with Crippen molar-refractivity contribution in [2.45, 2.75) is 44.4 Å². The quantitative estimate of drug-likeness (QED) is 0.716. The normalized spacial score (nSPS) is 21.9. The van der Waals surface area contributed by atoms with E-state index in [9.17, 15) is 17.6 Å². The molecule has 3 rings (SSSR count). The number of pyridine rings is 1. The average Bonchev–Trinajstić information content (AvgIpc) is 2.67. The van der Waals surface area contributed by atoms with Crippen LogP contribution in [0.3, 0.4) is 0 Å². The Morgan fingerprint density at radius 2 is 1.97 bits per heavy atom. The fourth-order valence-corrected chi connectivity index (χ4v) is 5.31. The van der Waals surface area contributed by atoms with E-state index in [2.05, 4.69) is 15.3 Å². The van der Waals surface area contributed by atoms with Gasteiger partial charge >= 0.3 is 0 Å². The second-order valence-corrected chi connectivity index (χ2v) is 11.2. The highest BCUT2D eigenvalue weighted by molar-refractivity contribution is 7.93. The van der Waals surface area contributed by atoms with Crippen LogP contribution in [-0.4, -0.2) is 35.6 Å². The number of sulfone groups is 1. The zero-order valence-corrected chi connectivity index (χ0v) is 19.2. The summed E-state index contributed by atoms with van der Waals surface area (Å²) in [5, 5.41) is 3.10. The predicted octanol–water partition coefficient (Wildman–Crippen LogP) is 3.47. The number of aromatic nitrogens is 1. The van der Waals surface area contributed by atoms with E-state index in [-0.39, 0.29) is 22.8 Å². The van der Waals surface area contributed by atoms with Gasteiger partial charge in [0.1, 0.15) is 27.6 Å². The molecule has 1 aliphatic heterocycles. The molecule has 0 aliphatic carbocycles. The molecule has 0 bridgehead atoms. The number of aliphatic imine (C=N–C) groups is 1. The second-order valence-electron chi connectivity index (χ2n) is 8.20. The van der Waals surface area contributed by atoms with Gasteiger partial charge in [-0.1, -0.05) is 18.5 Å². The Morgan fingerprint density at radius 1 is 1.29 bits per heavy atom. The van der Waals surface area contributed by atoms with Crippen molar-refractivity contribution in [3.63, 3.8) is 0 Å². The number of amidine groups is 1. The zero-order chi connectivity index (χ0) is 23.2. The van der Waals surface area contributed by atoms with Gasteiger partial charge in [0.2, 0.25) is 0 Å². The maximum absolute atomic E-state index is 14.7. The first-order chi connectivity index (χ1) is 14.3. The first-order valence-electron chi connectivity index (χ1n) is 9.64. The number of nitrogens with two attached hydrogens (primary N) is 1. The highest BCUT2D eigenvalue weighted by atomic mass is 35.5. The third kappa shape index (κ3) is 4.16. The minimum atomic E-state index is -3.71. The molecule has 0 saturated heterocycles. The number of nitrogens with zero attached hydrogens (tertiary/aromatic N) is 2. The zero-order valence-electron chi connectivity index (χ0n) is 17.7. The smallest absolute Gasteiger partial charge is 0.274 e. The Kier molecular flexibility index (Phi) is 5.88. The van der Waals surface area contributed by atoms with E-state index in [0.29, 0.717) is 17.0 Å². The monoisotopic (exact) mass is 466 g/mol. The SMILES string of the molecule is CCc1cc(Cl)cnc1C(=O)Nc1ccc(F)c(C2(C)CS(=O)(=O)C(C)(C)C(N)=N2)c1. The number of benzene rings is 1. The van der Waals surface area contributed by atoms with Crippen molar-refractivity contribution in [1.29, 1.82) is 0 Å². The van der Waals surface area contributed by atoms with Gasteiger partial charge in [-0.2, -0.15) is 0 Å². The summed E-state index contributed by atoms with van der Waals surface area (Å²) in [4.78, 5) is 21.2. The molecule has 0 saturated carbocycles. The van der Waals surface area contributed by atoms with Crippen LogP contribution in [0, 0.1) is 5.82 Å². The number of amides is 1. The molecule has 1 aliphatic rings. The van der Waals surface area contributed by atoms with Crippen LogP contribution in [-0.2, 0) is 21.8 Å². The molecule has 1 atom stereocenters. The molecule has 1 aromatic carbocycles. The number of anilines is 1. The summed E-state index contributed by atoms with van der Waals surface area (Å²) in [6.07, 6.45) is 1.92. The predicted molar refractivity (Wildman–Crippen MR) is 120 cm³/mol. The van der Waals surface area contributed by atoms with E-state index in [1.807, 2.05) is 6.92 Å². The van der Waals surface area contributed by atoms with Crippen LogP contribution < -0.4 is 11.1 Å². The minimum absolute atomic E-state index is 0.0205. The Hall–Kier alpha value is -2.52. The molecule has 10 heteroatoms. The second kappa shape index (κ2) is 7.87. The lowest BCUT2D eigenvalue weighted by Crippen LogP contribution is -2.55. The van der Waals surface area contributed by atoms with E-state index in [4.69, 9.17) is 17.3 Å². The first-order valence-corrected chi connectivity index (χ1v) is 11.7. The van der Waals surface area contributed by atoms with Crippen LogP contribution in [0.15, 0.2) is 35.5 Å². The molecule has 31 heavy (non-hydrogen) atoms. The van der Waals surface area contributed by atoms with Crippen LogP contribution in [0.5, 0.6) is 0 Å². The number of aryl methyl sites for hydroxylation is 1. The topological polar surface area (TPSA) is 115 Å². The number of rotatable bonds is 4. The van der Waals surface area contributed by atoms with Crippen LogP contribution in [0.1, 0.15) is 49.3 Å². The summed E-state index contributed by atoms with van der Waals surface area (Å²) in [6.45, 7) is 6.32. The van der Waals surface area contributed by atoms with E-state index < -0.39 is 37.6 Å². The van der Waals surface area contributed by atoms with Crippen molar-refractivity contribution in [2.75, 3.05) is 11.1 Å². The Bertz CT molecular complexity index is 1200. The molecular weight excluding hydrogens is 443 g/mol. The lowest BCUT2D eigenvalue weighted by molar-refractivity contribution is 0.102. The van der Waals surface area contributed by atoms with E-state index in [0.717, 1.165) is 6.07 Å². The van der Waals surface area contributed by atoms with Crippen molar-refractivity contribution in [2.24, 2.45) is 10.7 Å². The molecule has 3 N–H and O–H groups in total. The molecule has 1 amide bonds. The molecule has 1 aromatic heterocycles. The number of hydrogen-bond acceptors (Lipinski definition) is 6. The van der Waals surface area contributed by atoms with Gasteiger partial charge in [0, 0.05) is 17.4 Å². The largest absolute Gasteiger partial charge is 0.386 e. The molecule has 0 radical (unpaired) electrons. The van der Waals surface area contributed by atoms with Crippen LogP contribution >= 0.6 is 11.6 Å². The molecule has 0 fully saturated rings. The number of nitrogens with one attached hydrogen (secondary N) is 1. The highest BCUT2D eigenvalue weighted by Crippen LogP contribution is 2.38. The highest BCUT2D eigenvalue weighted by Gasteiger charge is 2.49.